The molecule has 0 saturated heterocycles. The van der Waals surface area contributed by atoms with Gasteiger partial charge < -0.3 is 14.8 Å². The summed E-state index contributed by atoms with van der Waals surface area (Å²) in [7, 11) is 0. The molecular formula is C12H15Cl2F2NO2. The zero-order valence-corrected chi connectivity index (χ0v) is 12.1. The summed E-state index contributed by atoms with van der Waals surface area (Å²) in [6, 6.07) is 3.00. The van der Waals surface area contributed by atoms with E-state index in [0.29, 0.717) is 18.9 Å². The van der Waals surface area contributed by atoms with Crippen molar-refractivity contribution in [3.05, 3.63) is 22.2 Å². The predicted octanol–water partition coefficient (Wildman–Crippen LogP) is 4.43. The molecule has 0 spiro atoms. The van der Waals surface area contributed by atoms with Crippen LogP contribution in [0.1, 0.15) is 13.8 Å². The van der Waals surface area contributed by atoms with Gasteiger partial charge in [0.1, 0.15) is 0 Å². The number of ether oxygens (including phenoxy) is 2. The van der Waals surface area contributed by atoms with Crippen molar-refractivity contribution in [1.82, 2.24) is 0 Å². The largest absolute Gasteiger partial charge is 0.432 e. The number of benzene rings is 1. The fourth-order valence-corrected chi connectivity index (χ4v) is 2.04. The van der Waals surface area contributed by atoms with E-state index in [-0.39, 0.29) is 21.8 Å². The van der Waals surface area contributed by atoms with Gasteiger partial charge in [-0.05, 0) is 26.0 Å². The summed E-state index contributed by atoms with van der Waals surface area (Å²) in [5, 5.41) is 3.16. The number of nitrogens with one attached hydrogen (secondary N) is 1. The Morgan fingerprint density at radius 2 is 1.84 bits per heavy atom. The molecule has 1 rings (SSSR count). The third kappa shape index (κ3) is 5.38. The van der Waals surface area contributed by atoms with Crippen LogP contribution in [0.15, 0.2) is 12.1 Å². The molecule has 1 unspecified atom stereocenters. The Morgan fingerprint density at radius 1 is 1.26 bits per heavy atom. The average molecular weight is 314 g/mol. The van der Waals surface area contributed by atoms with E-state index in [2.05, 4.69) is 10.1 Å². The number of rotatable bonds is 7. The van der Waals surface area contributed by atoms with E-state index in [1.807, 2.05) is 13.8 Å². The molecule has 0 heterocycles. The lowest BCUT2D eigenvalue weighted by Gasteiger charge is -2.17. The topological polar surface area (TPSA) is 30.5 Å². The summed E-state index contributed by atoms with van der Waals surface area (Å²) in [6.07, 6.45) is 0. The molecule has 0 amide bonds. The highest BCUT2D eigenvalue weighted by molar-refractivity contribution is 6.37. The Hall–Kier alpha value is -0.780. The molecular weight excluding hydrogens is 299 g/mol. The minimum absolute atomic E-state index is 0.0268. The van der Waals surface area contributed by atoms with Crippen molar-refractivity contribution in [3.8, 4) is 5.75 Å². The molecule has 0 aromatic heterocycles. The van der Waals surface area contributed by atoms with Gasteiger partial charge in [0, 0.05) is 18.3 Å². The van der Waals surface area contributed by atoms with E-state index in [0.717, 1.165) is 0 Å². The first-order valence-corrected chi connectivity index (χ1v) is 6.47. The van der Waals surface area contributed by atoms with E-state index < -0.39 is 6.61 Å². The first-order chi connectivity index (χ1) is 8.93. The van der Waals surface area contributed by atoms with Crippen molar-refractivity contribution >= 4 is 28.9 Å². The standard InChI is InChI=1S/C12H15Cl2F2NO2/c1-3-18-6-7(2)17-8-4-9(13)11(10(14)5-8)19-12(15)16/h4-5,7,12,17H,3,6H2,1-2H3. The van der Waals surface area contributed by atoms with Crippen LogP contribution < -0.4 is 10.1 Å². The quantitative estimate of drug-likeness (QED) is 0.807. The second-order valence-electron chi connectivity index (χ2n) is 3.85. The highest BCUT2D eigenvalue weighted by Gasteiger charge is 2.15. The van der Waals surface area contributed by atoms with Gasteiger partial charge in [0.2, 0.25) is 0 Å². The lowest BCUT2D eigenvalue weighted by molar-refractivity contribution is -0.0497. The highest BCUT2D eigenvalue weighted by Crippen LogP contribution is 2.37. The fraction of sp³-hybridized carbons (Fsp3) is 0.500. The summed E-state index contributed by atoms with van der Waals surface area (Å²) < 4.78 is 33.8. The fourth-order valence-electron chi connectivity index (χ4n) is 1.47. The van der Waals surface area contributed by atoms with Crippen LogP contribution in [0.2, 0.25) is 10.0 Å². The van der Waals surface area contributed by atoms with Crippen LogP contribution in [0.5, 0.6) is 5.75 Å². The Labute approximate surface area is 120 Å². The number of alkyl halides is 2. The Bertz CT molecular complexity index is 396. The molecule has 1 aromatic rings. The molecule has 19 heavy (non-hydrogen) atoms. The Morgan fingerprint density at radius 3 is 2.32 bits per heavy atom. The first kappa shape index (κ1) is 16.3. The molecule has 7 heteroatoms. The third-order valence-electron chi connectivity index (χ3n) is 2.19. The van der Waals surface area contributed by atoms with Gasteiger partial charge in [0.15, 0.2) is 5.75 Å². The number of halogens is 4. The molecule has 1 atom stereocenters. The van der Waals surface area contributed by atoms with E-state index in [1.54, 1.807) is 0 Å². The van der Waals surface area contributed by atoms with Gasteiger partial charge in [-0.1, -0.05) is 23.2 Å². The molecule has 0 saturated carbocycles. The van der Waals surface area contributed by atoms with Crippen LogP contribution in [-0.4, -0.2) is 25.9 Å². The maximum absolute atomic E-state index is 12.2. The van der Waals surface area contributed by atoms with Crippen LogP contribution in [0, 0.1) is 0 Å². The van der Waals surface area contributed by atoms with Crippen molar-refractivity contribution in [2.75, 3.05) is 18.5 Å². The van der Waals surface area contributed by atoms with Crippen molar-refractivity contribution in [1.29, 1.82) is 0 Å². The number of hydrogen-bond acceptors (Lipinski definition) is 3. The van der Waals surface area contributed by atoms with Gasteiger partial charge >= 0.3 is 6.61 Å². The van der Waals surface area contributed by atoms with Crippen LogP contribution in [0.4, 0.5) is 14.5 Å². The van der Waals surface area contributed by atoms with Gasteiger partial charge in [0.25, 0.3) is 0 Å². The van der Waals surface area contributed by atoms with Crippen LogP contribution in [0.3, 0.4) is 0 Å². The summed E-state index contributed by atoms with van der Waals surface area (Å²) in [4.78, 5) is 0. The smallest absolute Gasteiger partial charge is 0.387 e. The van der Waals surface area contributed by atoms with E-state index in [9.17, 15) is 8.78 Å². The number of anilines is 1. The molecule has 108 valence electrons. The average Bonchev–Trinajstić information content (AvgIpc) is 2.31. The van der Waals surface area contributed by atoms with Crippen LogP contribution in [0.25, 0.3) is 0 Å². The first-order valence-electron chi connectivity index (χ1n) is 5.72. The van der Waals surface area contributed by atoms with Crippen molar-refractivity contribution in [2.45, 2.75) is 26.5 Å². The van der Waals surface area contributed by atoms with E-state index in [1.165, 1.54) is 12.1 Å². The van der Waals surface area contributed by atoms with Crippen molar-refractivity contribution in [3.63, 3.8) is 0 Å². The molecule has 0 aliphatic rings. The lowest BCUT2D eigenvalue weighted by Crippen LogP contribution is -2.21. The molecule has 3 nitrogen and oxygen atoms in total. The van der Waals surface area contributed by atoms with Gasteiger partial charge in [-0.2, -0.15) is 8.78 Å². The molecule has 0 fully saturated rings. The molecule has 1 aromatic carbocycles. The van der Waals surface area contributed by atoms with E-state index in [4.69, 9.17) is 27.9 Å². The van der Waals surface area contributed by atoms with Gasteiger partial charge in [-0.15, -0.1) is 0 Å². The maximum atomic E-state index is 12.2. The molecule has 0 aliphatic heterocycles. The third-order valence-corrected chi connectivity index (χ3v) is 2.75. The predicted molar refractivity (Wildman–Crippen MR) is 72.7 cm³/mol. The van der Waals surface area contributed by atoms with E-state index >= 15 is 0 Å². The van der Waals surface area contributed by atoms with Crippen molar-refractivity contribution in [2.24, 2.45) is 0 Å². The molecule has 0 aliphatic carbocycles. The number of hydrogen-bond donors (Lipinski definition) is 1. The Balaban J connectivity index is 2.77. The minimum Gasteiger partial charge on any atom is -0.432 e. The summed E-state index contributed by atoms with van der Waals surface area (Å²) in [5.74, 6) is -0.221. The monoisotopic (exact) mass is 313 g/mol. The summed E-state index contributed by atoms with van der Waals surface area (Å²) >= 11 is 11.7. The normalized spacial score (nSPS) is 12.6. The minimum atomic E-state index is -2.97. The lowest BCUT2D eigenvalue weighted by atomic mass is 10.2. The molecule has 0 bridgehead atoms. The zero-order chi connectivity index (χ0) is 14.4. The summed E-state index contributed by atoms with van der Waals surface area (Å²) in [5.41, 5.74) is 0.615. The van der Waals surface area contributed by atoms with Crippen LogP contribution >= 0.6 is 23.2 Å². The van der Waals surface area contributed by atoms with Gasteiger partial charge in [-0.25, -0.2) is 0 Å². The maximum Gasteiger partial charge on any atom is 0.387 e. The molecule has 0 radical (unpaired) electrons. The Kier molecular flexibility index (Phi) is 6.62. The van der Waals surface area contributed by atoms with Gasteiger partial charge in [0.05, 0.1) is 16.7 Å². The highest BCUT2D eigenvalue weighted by atomic mass is 35.5. The van der Waals surface area contributed by atoms with Crippen LogP contribution in [-0.2, 0) is 4.74 Å². The molecule has 1 N–H and O–H groups in total. The van der Waals surface area contributed by atoms with Crippen molar-refractivity contribution < 1.29 is 18.3 Å². The zero-order valence-electron chi connectivity index (χ0n) is 10.6. The second-order valence-corrected chi connectivity index (χ2v) is 4.67. The SMILES string of the molecule is CCOCC(C)Nc1cc(Cl)c(OC(F)F)c(Cl)c1. The van der Waals surface area contributed by atoms with Gasteiger partial charge in [-0.3, -0.25) is 0 Å². The summed E-state index contributed by atoms with van der Waals surface area (Å²) in [6.45, 7) is 1.99. The second kappa shape index (κ2) is 7.72.